The Balaban J connectivity index is 2.28. The van der Waals surface area contributed by atoms with Crippen molar-refractivity contribution < 1.29 is 9.47 Å². The second-order valence-electron chi connectivity index (χ2n) is 5.25. The number of hydrogen-bond acceptors (Lipinski definition) is 3. The molecule has 0 unspecified atom stereocenters. The molecule has 3 rings (SSSR count). The summed E-state index contributed by atoms with van der Waals surface area (Å²) in [5, 5.41) is 1.18. The lowest BCUT2D eigenvalue weighted by atomic mass is 10.0. The molecule has 114 valence electrons. The Labute approximate surface area is 130 Å². The van der Waals surface area contributed by atoms with Crippen LogP contribution in [0.4, 0.5) is 0 Å². The summed E-state index contributed by atoms with van der Waals surface area (Å²) in [6, 6.07) is 10.1. The van der Waals surface area contributed by atoms with Crippen LogP contribution < -0.4 is 9.47 Å². The van der Waals surface area contributed by atoms with Gasteiger partial charge in [0.15, 0.2) is 0 Å². The highest BCUT2D eigenvalue weighted by Gasteiger charge is 2.15. The number of aromatic nitrogens is 2. The summed E-state index contributed by atoms with van der Waals surface area (Å²) in [5.41, 5.74) is 5.54. The molecule has 0 aliphatic heterocycles. The molecule has 0 saturated heterocycles. The van der Waals surface area contributed by atoms with Crippen molar-refractivity contribution in [1.82, 2.24) is 9.97 Å². The van der Waals surface area contributed by atoms with Gasteiger partial charge in [-0.05, 0) is 18.9 Å². The molecule has 0 bridgehead atoms. The van der Waals surface area contributed by atoms with Gasteiger partial charge in [0.2, 0.25) is 5.88 Å². The van der Waals surface area contributed by atoms with Gasteiger partial charge in [-0.15, -0.1) is 0 Å². The molecular weight excluding hydrogens is 276 g/mol. The van der Waals surface area contributed by atoms with Crippen LogP contribution in [0.2, 0.25) is 0 Å². The van der Waals surface area contributed by atoms with E-state index in [9.17, 15) is 0 Å². The third-order valence-electron chi connectivity index (χ3n) is 3.96. The zero-order valence-corrected chi connectivity index (χ0v) is 13.4. The Kier molecular flexibility index (Phi) is 3.75. The van der Waals surface area contributed by atoms with Gasteiger partial charge >= 0.3 is 0 Å². The Morgan fingerprint density at radius 3 is 2.64 bits per heavy atom. The van der Waals surface area contributed by atoms with Crippen molar-refractivity contribution in [2.75, 3.05) is 14.2 Å². The van der Waals surface area contributed by atoms with Gasteiger partial charge in [-0.3, -0.25) is 0 Å². The molecule has 0 aliphatic rings. The number of pyridine rings is 1. The summed E-state index contributed by atoms with van der Waals surface area (Å²) in [6.07, 6.45) is 0.992. The van der Waals surface area contributed by atoms with Crippen molar-refractivity contribution >= 4 is 10.9 Å². The lowest BCUT2D eigenvalue weighted by Crippen LogP contribution is -1.93. The van der Waals surface area contributed by atoms with E-state index in [1.54, 1.807) is 20.3 Å². The van der Waals surface area contributed by atoms with Crippen LogP contribution in [-0.2, 0) is 6.42 Å². The first-order valence-electron chi connectivity index (χ1n) is 7.38. The van der Waals surface area contributed by atoms with Crippen molar-refractivity contribution in [3.63, 3.8) is 0 Å². The van der Waals surface area contributed by atoms with E-state index in [0.29, 0.717) is 5.88 Å². The average molecular weight is 296 g/mol. The van der Waals surface area contributed by atoms with Crippen LogP contribution in [0.3, 0.4) is 0 Å². The maximum absolute atomic E-state index is 5.36. The van der Waals surface area contributed by atoms with E-state index in [1.165, 1.54) is 16.5 Å². The molecule has 0 aliphatic carbocycles. The number of hydrogen-bond donors (Lipinski definition) is 1. The predicted molar refractivity (Wildman–Crippen MR) is 88.7 cm³/mol. The van der Waals surface area contributed by atoms with Crippen LogP contribution in [-0.4, -0.2) is 24.2 Å². The van der Waals surface area contributed by atoms with Crippen LogP contribution in [0.1, 0.15) is 18.2 Å². The van der Waals surface area contributed by atoms with Crippen LogP contribution in [0.5, 0.6) is 11.6 Å². The Morgan fingerprint density at radius 1 is 1.14 bits per heavy atom. The van der Waals surface area contributed by atoms with E-state index >= 15 is 0 Å². The van der Waals surface area contributed by atoms with Gasteiger partial charge in [0.25, 0.3) is 0 Å². The Hall–Kier alpha value is -2.49. The molecule has 0 radical (unpaired) electrons. The molecule has 4 nitrogen and oxygen atoms in total. The molecule has 1 aromatic carbocycles. The first-order chi connectivity index (χ1) is 10.7. The minimum absolute atomic E-state index is 0.551. The molecule has 22 heavy (non-hydrogen) atoms. The Bertz CT molecular complexity index is 799. The number of fused-ring (bicyclic) bond motifs is 1. The van der Waals surface area contributed by atoms with E-state index in [4.69, 9.17) is 9.47 Å². The van der Waals surface area contributed by atoms with Crippen molar-refractivity contribution in [1.29, 1.82) is 0 Å². The smallest absolute Gasteiger partial charge is 0.217 e. The normalized spacial score (nSPS) is 10.9. The van der Waals surface area contributed by atoms with Crippen LogP contribution in [0, 0.1) is 6.92 Å². The summed E-state index contributed by atoms with van der Waals surface area (Å²) < 4.78 is 10.7. The van der Waals surface area contributed by atoms with Gasteiger partial charge in [0, 0.05) is 34.3 Å². The fraction of sp³-hybridized carbons (Fsp3) is 0.278. The number of aromatic amines is 1. The summed E-state index contributed by atoms with van der Waals surface area (Å²) >= 11 is 0. The lowest BCUT2D eigenvalue weighted by molar-refractivity contribution is 0.383. The minimum Gasteiger partial charge on any atom is -0.496 e. The molecule has 0 atom stereocenters. The number of aryl methyl sites for hydroxylation is 2. The number of ether oxygens (including phenoxy) is 2. The molecule has 4 heteroatoms. The van der Waals surface area contributed by atoms with Crippen LogP contribution in [0.15, 0.2) is 30.3 Å². The molecule has 2 heterocycles. The number of nitrogens with one attached hydrogen (secondary N) is 1. The minimum atomic E-state index is 0.551. The van der Waals surface area contributed by atoms with Gasteiger partial charge in [-0.2, -0.15) is 0 Å². The van der Waals surface area contributed by atoms with E-state index < -0.39 is 0 Å². The van der Waals surface area contributed by atoms with Gasteiger partial charge in [0.05, 0.1) is 19.9 Å². The highest BCUT2D eigenvalue weighted by molar-refractivity contribution is 5.98. The summed E-state index contributed by atoms with van der Waals surface area (Å²) in [4.78, 5) is 8.08. The summed E-state index contributed by atoms with van der Waals surface area (Å²) in [5.74, 6) is 1.29. The van der Waals surface area contributed by atoms with Crippen LogP contribution in [0.25, 0.3) is 22.2 Å². The topological polar surface area (TPSA) is 47.1 Å². The highest BCUT2D eigenvalue weighted by Crippen LogP contribution is 2.35. The molecular formula is C18H20N2O2. The average Bonchev–Trinajstić information content (AvgIpc) is 2.89. The maximum Gasteiger partial charge on any atom is 0.217 e. The Morgan fingerprint density at radius 2 is 1.95 bits per heavy atom. The number of nitrogens with zero attached hydrogens (tertiary/aromatic N) is 1. The molecule has 0 fully saturated rings. The number of methoxy groups -OCH3 is 2. The van der Waals surface area contributed by atoms with Crippen molar-refractivity contribution in [2.45, 2.75) is 20.3 Å². The zero-order valence-electron chi connectivity index (χ0n) is 13.4. The molecule has 0 spiro atoms. The van der Waals surface area contributed by atoms with Crippen molar-refractivity contribution in [3.8, 4) is 22.9 Å². The maximum atomic E-state index is 5.36. The largest absolute Gasteiger partial charge is 0.496 e. The van der Waals surface area contributed by atoms with Gasteiger partial charge in [0.1, 0.15) is 5.75 Å². The molecule has 3 aromatic rings. The van der Waals surface area contributed by atoms with Crippen molar-refractivity contribution in [3.05, 3.63) is 41.6 Å². The zero-order chi connectivity index (χ0) is 15.7. The first kappa shape index (κ1) is 14.4. The molecule has 1 N–H and O–H groups in total. The molecule has 0 saturated carbocycles. The second kappa shape index (κ2) is 5.72. The summed E-state index contributed by atoms with van der Waals surface area (Å²) in [6.45, 7) is 4.24. The molecule has 0 amide bonds. The fourth-order valence-electron chi connectivity index (χ4n) is 2.86. The van der Waals surface area contributed by atoms with Gasteiger partial charge in [-0.25, -0.2) is 4.98 Å². The van der Waals surface area contributed by atoms with Crippen LogP contribution >= 0.6 is 0 Å². The van der Waals surface area contributed by atoms with E-state index in [2.05, 4.69) is 42.0 Å². The SMILES string of the molecule is CCc1cccc2c(-c3cc(OC)cc(OC)n3)c(C)[nH]c12. The standard InChI is InChI=1S/C18H20N2O2/c1-5-12-7-6-8-14-17(11(2)19-18(12)14)15-9-13(21-3)10-16(20-15)22-4/h6-10,19H,5H2,1-4H3. The number of H-pyrrole nitrogens is 1. The van der Waals surface area contributed by atoms with E-state index in [-0.39, 0.29) is 0 Å². The third-order valence-corrected chi connectivity index (χ3v) is 3.96. The number of para-hydroxylation sites is 1. The van der Waals surface area contributed by atoms with Gasteiger partial charge < -0.3 is 14.5 Å². The highest BCUT2D eigenvalue weighted by atomic mass is 16.5. The first-order valence-corrected chi connectivity index (χ1v) is 7.38. The quantitative estimate of drug-likeness (QED) is 0.788. The fourth-order valence-corrected chi connectivity index (χ4v) is 2.86. The molecule has 2 aromatic heterocycles. The third kappa shape index (κ3) is 2.30. The van der Waals surface area contributed by atoms with Gasteiger partial charge in [-0.1, -0.05) is 25.1 Å². The van der Waals surface area contributed by atoms with E-state index in [1.807, 2.05) is 6.07 Å². The van der Waals surface area contributed by atoms with E-state index in [0.717, 1.165) is 29.1 Å². The number of rotatable bonds is 4. The predicted octanol–water partition coefficient (Wildman–Crippen LogP) is 4.12. The lowest BCUT2D eigenvalue weighted by Gasteiger charge is -2.08. The monoisotopic (exact) mass is 296 g/mol. The second-order valence-corrected chi connectivity index (χ2v) is 5.25. The number of benzene rings is 1. The summed E-state index contributed by atoms with van der Waals surface area (Å²) in [7, 11) is 3.26. The van der Waals surface area contributed by atoms with Crippen molar-refractivity contribution in [2.24, 2.45) is 0 Å².